The van der Waals surface area contributed by atoms with Gasteiger partial charge in [-0.15, -0.1) is 0 Å². The lowest BCUT2D eigenvalue weighted by molar-refractivity contribution is 0.398. The molecule has 0 aliphatic carbocycles. The van der Waals surface area contributed by atoms with Crippen molar-refractivity contribution in [3.05, 3.63) is 42.8 Å². The summed E-state index contributed by atoms with van der Waals surface area (Å²) in [6.45, 7) is 9.37. The lowest BCUT2D eigenvalue weighted by Gasteiger charge is -2.07. The van der Waals surface area contributed by atoms with Crippen LogP contribution in [0, 0.1) is 0 Å². The summed E-state index contributed by atoms with van der Waals surface area (Å²) in [6.07, 6.45) is 5.03. The fourth-order valence-corrected chi connectivity index (χ4v) is 1.24. The van der Waals surface area contributed by atoms with Gasteiger partial charge in [-0.25, -0.2) is 9.97 Å². The first-order valence-electron chi connectivity index (χ1n) is 4.76. The summed E-state index contributed by atoms with van der Waals surface area (Å²) in [5.74, 6) is 0.583. The molecule has 0 aromatic carbocycles. The van der Waals surface area contributed by atoms with E-state index in [-0.39, 0.29) is 5.82 Å². The van der Waals surface area contributed by atoms with Gasteiger partial charge in [0.25, 0.3) is 5.88 Å². The average Bonchev–Trinajstić information content (AvgIpc) is 2.31. The SMILES string of the molecule is C=C/C(C)=C(\C=C)c1cnc(N)c(OC)n1. The second kappa shape index (κ2) is 5.11. The molecule has 0 aliphatic rings. The maximum atomic E-state index is 5.59. The molecule has 0 aliphatic heterocycles. The van der Waals surface area contributed by atoms with Crippen LogP contribution in [0.25, 0.3) is 5.57 Å². The minimum atomic E-state index is 0.269. The molecule has 2 N–H and O–H groups in total. The van der Waals surface area contributed by atoms with Gasteiger partial charge in [0.2, 0.25) is 0 Å². The van der Waals surface area contributed by atoms with E-state index in [4.69, 9.17) is 10.5 Å². The molecule has 0 saturated carbocycles. The van der Waals surface area contributed by atoms with E-state index in [0.29, 0.717) is 11.6 Å². The van der Waals surface area contributed by atoms with Crippen molar-refractivity contribution in [3.8, 4) is 5.88 Å². The Bertz CT molecular complexity index is 450. The van der Waals surface area contributed by atoms with Crippen LogP contribution in [0.3, 0.4) is 0 Å². The fraction of sp³-hybridized carbons (Fsp3) is 0.167. The lowest BCUT2D eigenvalue weighted by atomic mass is 10.1. The Kier molecular flexibility index (Phi) is 3.83. The number of ether oxygens (including phenoxy) is 1. The van der Waals surface area contributed by atoms with E-state index >= 15 is 0 Å². The van der Waals surface area contributed by atoms with E-state index in [1.165, 1.54) is 7.11 Å². The van der Waals surface area contributed by atoms with Gasteiger partial charge in [-0.1, -0.05) is 25.3 Å². The van der Waals surface area contributed by atoms with Gasteiger partial charge in [-0.3, -0.25) is 0 Å². The highest BCUT2D eigenvalue weighted by molar-refractivity contribution is 5.75. The van der Waals surface area contributed by atoms with E-state index in [9.17, 15) is 0 Å². The maximum absolute atomic E-state index is 5.59. The molecule has 0 radical (unpaired) electrons. The first-order valence-corrected chi connectivity index (χ1v) is 4.76. The van der Waals surface area contributed by atoms with Crippen molar-refractivity contribution in [2.24, 2.45) is 0 Å². The molecule has 4 heteroatoms. The molecule has 0 unspecified atom stereocenters. The topological polar surface area (TPSA) is 61.0 Å². The highest BCUT2D eigenvalue weighted by Crippen LogP contribution is 2.22. The molecule has 0 fully saturated rings. The molecule has 16 heavy (non-hydrogen) atoms. The highest BCUT2D eigenvalue weighted by atomic mass is 16.5. The van der Waals surface area contributed by atoms with Crippen molar-refractivity contribution in [2.75, 3.05) is 12.8 Å². The molecule has 84 valence electrons. The molecule has 1 aromatic rings. The number of methoxy groups -OCH3 is 1. The van der Waals surface area contributed by atoms with E-state index in [1.54, 1.807) is 18.3 Å². The van der Waals surface area contributed by atoms with Crippen LogP contribution >= 0.6 is 0 Å². The smallest absolute Gasteiger partial charge is 0.257 e. The molecule has 0 spiro atoms. The van der Waals surface area contributed by atoms with Crippen LogP contribution in [0.4, 0.5) is 5.82 Å². The molecular weight excluding hydrogens is 202 g/mol. The fourth-order valence-electron chi connectivity index (χ4n) is 1.24. The summed E-state index contributed by atoms with van der Waals surface area (Å²) in [7, 11) is 1.50. The Morgan fingerprint density at radius 1 is 1.44 bits per heavy atom. The van der Waals surface area contributed by atoms with Gasteiger partial charge in [0, 0.05) is 5.57 Å². The van der Waals surface area contributed by atoms with Crippen LogP contribution in [-0.2, 0) is 0 Å². The molecule has 0 saturated heterocycles. The number of allylic oxidation sites excluding steroid dienone is 4. The molecule has 0 amide bonds. The minimum Gasteiger partial charge on any atom is -0.478 e. The van der Waals surface area contributed by atoms with Gasteiger partial charge >= 0.3 is 0 Å². The van der Waals surface area contributed by atoms with Gasteiger partial charge < -0.3 is 10.5 Å². The van der Waals surface area contributed by atoms with Crippen molar-refractivity contribution in [3.63, 3.8) is 0 Å². The molecule has 1 heterocycles. The number of nitrogen functional groups attached to an aromatic ring is 1. The molecule has 0 bridgehead atoms. The van der Waals surface area contributed by atoms with Crippen LogP contribution in [0.2, 0.25) is 0 Å². The van der Waals surface area contributed by atoms with E-state index in [2.05, 4.69) is 23.1 Å². The average molecular weight is 217 g/mol. The standard InChI is InChI=1S/C12H15N3O/c1-5-8(3)9(6-2)10-7-14-11(13)12(15-10)16-4/h5-7H,1-2H2,3-4H3,(H2,13,14)/b9-8+. The van der Waals surface area contributed by atoms with Crippen molar-refractivity contribution < 1.29 is 4.74 Å². The minimum absolute atomic E-state index is 0.269. The van der Waals surface area contributed by atoms with Crippen molar-refractivity contribution in [2.45, 2.75) is 6.92 Å². The molecule has 4 nitrogen and oxygen atoms in total. The predicted octanol–water partition coefficient (Wildman–Crippen LogP) is 2.21. The normalized spacial score (nSPS) is 11.6. The zero-order chi connectivity index (χ0) is 12.1. The predicted molar refractivity (Wildman–Crippen MR) is 66.0 cm³/mol. The second-order valence-corrected chi connectivity index (χ2v) is 3.15. The van der Waals surface area contributed by atoms with Crippen molar-refractivity contribution in [1.29, 1.82) is 0 Å². The van der Waals surface area contributed by atoms with Gasteiger partial charge in [0.05, 0.1) is 19.0 Å². The van der Waals surface area contributed by atoms with Crippen LogP contribution in [-0.4, -0.2) is 17.1 Å². The summed E-state index contributed by atoms with van der Waals surface area (Å²) in [5.41, 5.74) is 8.09. The monoisotopic (exact) mass is 217 g/mol. The summed E-state index contributed by atoms with van der Waals surface area (Å²) >= 11 is 0. The molecule has 0 atom stereocenters. The van der Waals surface area contributed by atoms with Crippen molar-refractivity contribution in [1.82, 2.24) is 9.97 Å². The van der Waals surface area contributed by atoms with E-state index in [0.717, 1.165) is 11.1 Å². The number of aromatic nitrogens is 2. The number of hydrogen-bond acceptors (Lipinski definition) is 4. The summed E-state index contributed by atoms with van der Waals surface area (Å²) < 4.78 is 5.01. The largest absolute Gasteiger partial charge is 0.478 e. The van der Waals surface area contributed by atoms with Crippen LogP contribution in [0.1, 0.15) is 12.6 Å². The maximum Gasteiger partial charge on any atom is 0.257 e. The molecule has 1 aromatic heterocycles. The second-order valence-electron chi connectivity index (χ2n) is 3.15. The number of nitrogens with zero attached hydrogens (tertiary/aromatic N) is 2. The summed E-state index contributed by atoms with van der Waals surface area (Å²) in [5, 5.41) is 0. The number of nitrogens with two attached hydrogens (primary N) is 1. The van der Waals surface area contributed by atoms with Gasteiger partial charge in [0.1, 0.15) is 0 Å². The lowest BCUT2D eigenvalue weighted by Crippen LogP contribution is -2.01. The first-order chi connectivity index (χ1) is 7.63. The number of rotatable bonds is 4. The van der Waals surface area contributed by atoms with Gasteiger partial charge in [-0.2, -0.15) is 0 Å². The molecule has 1 rings (SSSR count). The molecular formula is C12H15N3O. The Hall–Kier alpha value is -2.10. The van der Waals surface area contributed by atoms with Crippen LogP contribution in [0.5, 0.6) is 5.88 Å². The Morgan fingerprint density at radius 2 is 2.12 bits per heavy atom. The van der Waals surface area contributed by atoms with Crippen LogP contribution in [0.15, 0.2) is 37.1 Å². The van der Waals surface area contributed by atoms with Gasteiger partial charge in [0.15, 0.2) is 5.82 Å². The third kappa shape index (κ3) is 2.28. The Balaban J connectivity index is 3.33. The highest BCUT2D eigenvalue weighted by Gasteiger charge is 2.08. The van der Waals surface area contributed by atoms with Gasteiger partial charge in [-0.05, 0) is 12.5 Å². The van der Waals surface area contributed by atoms with E-state index in [1.807, 2.05) is 6.92 Å². The number of anilines is 1. The zero-order valence-corrected chi connectivity index (χ0v) is 9.53. The third-order valence-electron chi connectivity index (χ3n) is 2.17. The third-order valence-corrected chi connectivity index (χ3v) is 2.17. The summed E-state index contributed by atoms with van der Waals surface area (Å²) in [6, 6.07) is 0. The zero-order valence-electron chi connectivity index (χ0n) is 9.53. The van der Waals surface area contributed by atoms with E-state index < -0.39 is 0 Å². The Labute approximate surface area is 95.2 Å². The Morgan fingerprint density at radius 3 is 2.62 bits per heavy atom. The van der Waals surface area contributed by atoms with Crippen LogP contribution < -0.4 is 10.5 Å². The first kappa shape index (κ1) is 12.0. The quantitative estimate of drug-likeness (QED) is 0.785. The summed E-state index contributed by atoms with van der Waals surface area (Å²) in [4.78, 5) is 8.25. The number of hydrogen-bond donors (Lipinski definition) is 1. The van der Waals surface area contributed by atoms with Crippen molar-refractivity contribution >= 4 is 11.4 Å².